The van der Waals surface area contributed by atoms with Crippen molar-refractivity contribution in [1.29, 1.82) is 0 Å². The maximum Gasteiger partial charge on any atom is 0.335 e. The molecule has 1 unspecified atom stereocenters. The molecule has 0 radical (unpaired) electrons. The molecular formula is C24H28ClN4O4+. The molecule has 174 valence electrons. The van der Waals surface area contributed by atoms with Crippen molar-refractivity contribution < 1.29 is 25.1 Å². The molecule has 9 heteroatoms. The Kier molecular flexibility index (Phi) is 6.58. The smallest absolute Gasteiger partial charge is 0.335 e. The first kappa shape index (κ1) is 23.1. The number of benzene rings is 2. The zero-order valence-electron chi connectivity index (χ0n) is 18.7. The normalized spacial score (nSPS) is 16.3. The Morgan fingerprint density at radius 2 is 1.79 bits per heavy atom. The standard InChI is InChI=1S/C24H27ClN4O4/c1-3-5-19-26-17-9-13(23(30)31)8-16(21(17)27-19)12-29-18-10-14(24(32)33)7-15(11-25)22(18)28-20(29)6-4-2/h7-10,20,28H,3-6,11-12H2,1-2H3,(H,26,27)(H,30,31)(H,32,33)/p+1. The molecule has 8 nitrogen and oxygen atoms in total. The number of carboxylic acid groups (broad SMARTS) is 2. The van der Waals surface area contributed by atoms with Gasteiger partial charge >= 0.3 is 11.9 Å². The molecule has 0 saturated heterocycles. The molecule has 0 amide bonds. The Morgan fingerprint density at radius 3 is 2.42 bits per heavy atom. The number of fused-ring (bicyclic) bond motifs is 2. The summed E-state index contributed by atoms with van der Waals surface area (Å²) in [6.07, 6.45) is 3.47. The number of aliphatic imine (C=N–C) groups is 1. The fourth-order valence-electron chi connectivity index (χ4n) is 4.55. The maximum atomic E-state index is 11.8. The lowest BCUT2D eigenvalue weighted by molar-refractivity contribution is -0.441. The van der Waals surface area contributed by atoms with Crippen LogP contribution in [-0.2, 0) is 12.4 Å². The molecule has 5 N–H and O–H groups in total. The number of nitrogens with one attached hydrogen (secondary N) is 1. The van der Waals surface area contributed by atoms with Crippen LogP contribution < -0.4 is 15.5 Å². The van der Waals surface area contributed by atoms with Crippen LogP contribution in [0.1, 0.15) is 71.4 Å². The van der Waals surface area contributed by atoms with Gasteiger partial charge in [0.2, 0.25) is 5.84 Å². The van der Waals surface area contributed by atoms with E-state index in [1.807, 2.05) is 5.32 Å². The lowest BCUT2D eigenvalue weighted by atomic mass is 10.0. The fourth-order valence-corrected chi connectivity index (χ4v) is 4.76. The number of amidine groups is 1. The van der Waals surface area contributed by atoms with Crippen LogP contribution in [0.2, 0.25) is 0 Å². The Hall–Kier alpha value is -3.10. The quantitative estimate of drug-likeness (QED) is 0.317. The van der Waals surface area contributed by atoms with Crippen LogP contribution in [0, 0.1) is 0 Å². The van der Waals surface area contributed by atoms with E-state index in [0.717, 1.165) is 59.7 Å². The number of nitrogens with two attached hydrogens (primary N) is 1. The Labute approximate surface area is 197 Å². The first-order valence-electron chi connectivity index (χ1n) is 11.2. The lowest BCUT2D eigenvalue weighted by Gasteiger charge is -2.27. The van der Waals surface area contributed by atoms with E-state index < -0.39 is 11.9 Å². The minimum absolute atomic E-state index is 0.0578. The summed E-state index contributed by atoms with van der Waals surface area (Å²) in [7, 11) is 0. The summed E-state index contributed by atoms with van der Waals surface area (Å²) >= 11 is 6.16. The second-order valence-corrected chi connectivity index (χ2v) is 8.68. The van der Waals surface area contributed by atoms with Gasteiger partial charge in [0.25, 0.3) is 0 Å². The summed E-state index contributed by atoms with van der Waals surface area (Å²) in [5.74, 6) is -0.878. The second-order valence-electron chi connectivity index (χ2n) is 8.42. The maximum absolute atomic E-state index is 11.8. The summed E-state index contributed by atoms with van der Waals surface area (Å²) < 4.78 is 0. The number of carboxylic acids is 2. The van der Waals surface area contributed by atoms with E-state index in [9.17, 15) is 19.8 Å². The molecule has 2 heterocycles. The zero-order valence-corrected chi connectivity index (χ0v) is 19.4. The summed E-state index contributed by atoms with van der Waals surface area (Å²) in [4.78, 5) is 30.3. The molecule has 0 saturated carbocycles. The fraction of sp³-hybridized carbons (Fsp3) is 0.375. The van der Waals surface area contributed by atoms with E-state index in [0.29, 0.717) is 12.2 Å². The van der Waals surface area contributed by atoms with Crippen LogP contribution in [0.4, 0.5) is 22.7 Å². The van der Waals surface area contributed by atoms with Crippen molar-refractivity contribution in [2.75, 3.05) is 10.2 Å². The highest BCUT2D eigenvalue weighted by Gasteiger charge is 2.33. The molecule has 2 aliphatic rings. The number of alkyl halides is 1. The van der Waals surface area contributed by atoms with Gasteiger partial charge in [-0.25, -0.2) is 9.59 Å². The van der Waals surface area contributed by atoms with E-state index in [-0.39, 0.29) is 23.2 Å². The summed E-state index contributed by atoms with van der Waals surface area (Å²) in [6, 6.07) is 6.59. The predicted octanol–water partition coefficient (Wildman–Crippen LogP) is 4.42. The van der Waals surface area contributed by atoms with Crippen LogP contribution in [0.25, 0.3) is 0 Å². The summed E-state index contributed by atoms with van der Waals surface area (Å²) in [6.45, 7) is 4.60. The van der Waals surface area contributed by atoms with Gasteiger partial charge in [-0.05, 0) is 42.7 Å². The number of halogens is 1. The van der Waals surface area contributed by atoms with Crippen LogP contribution in [0.15, 0.2) is 29.3 Å². The van der Waals surface area contributed by atoms with Crippen molar-refractivity contribution in [1.82, 2.24) is 0 Å². The van der Waals surface area contributed by atoms with Crippen LogP contribution in [0.5, 0.6) is 0 Å². The Bertz CT molecular complexity index is 1150. The predicted molar refractivity (Wildman–Crippen MR) is 128 cm³/mol. The van der Waals surface area contributed by atoms with Gasteiger partial charge in [0, 0.05) is 17.9 Å². The van der Waals surface area contributed by atoms with E-state index in [4.69, 9.17) is 11.6 Å². The van der Waals surface area contributed by atoms with Crippen LogP contribution in [0.3, 0.4) is 0 Å². The lowest BCUT2D eigenvalue weighted by Crippen LogP contribution is -2.80. The van der Waals surface area contributed by atoms with Crippen molar-refractivity contribution in [3.63, 3.8) is 0 Å². The van der Waals surface area contributed by atoms with Crippen LogP contribution >= 0.6 is 11.6 Å². The number of anilines is 2. The topological polar surface area (TPSA) is 119 Å². The molecular weight excluding hydrogens is 444 g/mol. The van der Waals surface area contributed by atoms with Gasteiger partial charge in [0.05, 0.1) is 35.2 Å². The van der Waals surface area contributed by atoms with Gasteiger partial charge in [-0.2, -0.15) is 4.99 Å². The minimum atomic E-state index is -1.01. The summed E-state index contributed by atoms with van der Waals surface area (Å²) in [5, 5.41) is 24.8. The highest BCUT2D eigenvalue weighted by atomic mass is 35.5. The van der Waals surface area contributed by atoms with Gasteiger partial charge in [0.1, 0.15) is 5.69 Å². The largest absolute Gasteiger partial charge is 0.478 e. The zero-order chi connectivity index (χ0) is 23.7. The van der Waals surface area contributed by atoms with E-state index >= 15 is 0 Å². The molecule has 33 heavy (non-hydrogen) atoms. The first-order chi connectivity index (χ1) is 15.9. The number of nitrogens with zero attached hydrogens (tertiary/aromatic N) is 2. The molecule has 0 spiro atoms. The molecule has 1 atom stereocenters. The SMILES string of the molecule is CCCC1=Nc2cc(C(=O)O)cc(CN3c4cc(C(=O)O)cc(CCl)c4NC3CCC)c2[NH2+]1. The van der Waals surface area contributed by atoms with E-state index in [2.05, 4.69) is 29.1 Å². The van der Waals surface area contributed by atoms with Gasteiger partial charge in [0.15, 0.2) is 5.69 Å². The number of quaternary nitrogens is 1. The van der Waals surface area contributed by atoms with Gasteiger partial charge < -0.3 is 20.4 Å². The average Bonchev–Trinajstić information content (AvgIpc) is 3.34. The molecule has 2 aliphatic heterocycles. The number of rotatable bonds is 9. The molecule has 2 aromatic carbocycles. The molecule has 0 fully saturated rings. The minimum Gasteiger partial charge on any atom is -0.478 e. The second kappa shape index (κ2) is 9.41. The number of hydrogen-bond acceptors (Lipinski definition) is 5. The highest BCUT2D eigenvalue weighted by molar-refractivity contribution is 6.18. The third-order valence-corrected chi connectivity index (χ3v) is 6.35. The third-order valence-electron chi connectivity index (χ3n) is 6.06. The van der Waals surface area contributed by atoms with Crippen molar-refractivity contribution >= 4 is 52.1 Å². The molecule has 0 aromatic heterocycles. The molecule has 0 bridgehead atoms. The van der Waals surface area contributed by atoms with Crippen LogP contribution in [-0.4, -0.2) is 34.2 Å². The molecule has 4 rings (SSSR count). The highest BCUT2D eigenvalue weighted by Crippen LogP contribution is 2.42. The third kappa shape index (κ3) is 4.41. The Morgan fingerprint density at radius 1 is 1.09 bits per heavy atom. The van der Waals surface area contributed by atoms with E-state index in [1.165, 1.54) is 0 Å². The average molecular weight is 472 g/mol. The van der Waals surface area contributed by atoms with Crippen molar-refractivity contribution in [2.24, 2.45) is 4.99 Å². The van der Waals surface area contributed by atoms with Crippen molar-refractivity contribution in [3.8, 4) is 0 Å². The first-order valence-corrected chi connectivity index (χ1v) is 11.7. The molecule has 0 aliphatic carbocycles. The monoisotopic (exact) mass is 471 g/mol. The van der Waals surface area contributed by atoms with E-state index in [1.54, 1.807) is 24.3 Å². The van der Waals surface area contributed by atoms with Gasteiger partial charge in [-0.3, -0.25) is 5.32 Å². The number of hydrogen-bond donors (Lipinski definition) is 4. The number of carbonyl (C=O) groups is 2. The number of aromatic carboxylic acids is 2. The van der Waals surface area contributed by atoms with Gasteiger partial charge in [-0.1, -0.05) is 20.3 Å². The van der Waals surface area contributed by atoms with Crippen molar-refractivity contribution in [2.45, 2.75) is 58.1 Å². The van der Waals surface area contributed by atoms with Crippen molar-refractivity contribution in [3.05, 3.63) is 46.5 Å². The molecule has 2 aromatic rings. The Balaban J connectivity index is 1.79. The summed E-state index contributed by atoms with van der Waals surface area (Å²) in [5.41, 5.74) is 5.17. The van der Waals surface area contributed by atoms with Gasteiger partial charge in [-0.15, -0.1) is 11.6 Å².